The van der Waals surface area contributed by atoms with Crippen molar-refractivity contribution in [2.45, 2.75) is 208 Å². The molecule has 2 N–H and O–H groups in total. The van der Waals surface area contributed by atoms with Crippen LogP contribution in [0, 0.1) is 74.9 Å². The zero-order chi connectivity index (χ0) is 81.1. The number of nitrogens with one attached hydrogen (secondary N) is 1. The van der Waals surface area contributed by atoms with E-state index in [9.17, 15) is 48.3 Å². The molecule has 16 atom stereocenters. The van der Waals surface area contributed by atoms with Crippen LogP contribution in [0.4, 0.5) is 0 Å². The number of ketones is 2. The molecule has 14 rings (SSSR count). The minimum atomic E-state index is -1.25. The lowest BCUT2D eigenvalue weighted by atomic mass is 9.77. The third-order valence-corrected chi connectivity index (χ3v) is 27.4. The van der Waals surface area contributed by atoms with Crippen molar-refractivity contribution in [2.75, 3.05) is 34.4 Å². The number of allylic oxidation sites excluding steroid dienone is 2. The molecule has 6 aliphatic carbocycles. The quantitative estimate of drug-likeness (QED) is 0.0290. The van der Waals surface area contributed by atoms with Gasteiger partial charge in [-0.2, -0.15) is 0 Å². The number of thiazole rings is 2. The molecule has 2 amide bonds. The van der Waals surface area contributed by atoms with Crippen molar-refractivity contribution >= 4 is 115 Å². The van der Waals surface area contributed by atoms with Crippen molar-refractivity contribution in [1.29, 1.82) is 0 Å². The molecule has 22 nitrogen and oxygen atoms in total. The Morgan fingerprint density at radius 2 is 1.10 bits per heavy atom. The number of Topliss-reactive ketones (excluding diaryl/α,β-unsaturated/α-hetero) is 2. The van der Waals surface area contributed by atoms with Gasteiger partial charge in [-0.3, -0.25) is 43.2 Å². The first-order valence-corrected chi connectivity index (χ1v) is 41.7. The summed E-state index contributed by atoms with van der Waals surface area (Å²) in [5, 5.41) is 17.9. The van der Waals surface area contributed by atoms with Gasteiger partial charge in [0.15, 0.2) is 17.0 Å². The fourth-order valence-corrected chi connectivity index (χ4v) is 19.6. The maximum absolute atomic E-state index is 14.7. The SMILES string of the molecule is C=C[C@@H]1C[C@]1(CC(=O)[C@@H]1C[C@@H](Oc2cc(-c3csc(C(C)C)n3)nc3c(Cl)c(OC)ccc23)CN1C(=O)[C@@H](CC(=O)OC1C[C@@H]2C[C@@H]2C1)C(C)(C)C)C(=O)O.C=C[C@@H]1C[C@]1(CC(=O)[C@@H]1C[C@H](C)CN1C(=O)[C@@H](CC(=O)OC1C[C@@H]2C[C@@H]2C1)C(C)(C)C)C(=O)OC.COc1ccc2c(=O)cc(-c3csc(C(C)C)n3)[nH]c2c1Cl. The van der Waals surface area contributed by atoms with E-state index in [2.05, 4.69) is 50.8 Å². The maximum atomic E-state index is 14.7. The number of amides is 2. The number of hydrogen-bond donors (Lipinski definition) is 2. The lowest BCUT2D eigenvalue weighted by molar-refractivity contribution is -0.157. The topological polar surface area (TPSA) is 290 Å². The summed E-state index contributed by atoms with van der Waals surface area (Å²) in [5.74, 6) is -0.130. The fraction of sp³-hybridized carbons (Fsp3) is 0.581. The number of aromatic amines is 1. The molecule has 602 valence electrons. The van der Waals surface area contributed by atoms with E-state index in [0.717, 1.165) is 41.4 Å². The van der Waals surface area contributed by atoms with Gasteiger partial charge in [0.2, 0.25) is 11.8 Å². The molecule has 2 aromatic carbocycles. The van der Waals surface area contributed by atoms with Crippen LogP contribution in [0.3, 0.4) is 0 Å². The molecule has 6 heterocycles. The molecule has 112 heavy (non-hydrogen) atoms. The van der Waals surface area contributed by atoms with E-state index in [1.165, 1.54) is 43.3 Å². The highest BCUT2D eigenvalue weighted by atomic mass is 35.5. The first kappa shape index (κ1) is 83.4. The number of aliphatic carboxylic acids is 1. The van der Waals surface area contributed by atoms with Crippen molar-refractivity contribution in [3.8, 4) is 40.0 Å². The summed E-state index contributed by atoms with van der Waals surface area (Å²) in [7, 11) is 4.41. The number of halogens is 2. The highest BCUT2D eigenvalue weighted by Gasteiger charge is 2.63. The highest BCUT2D eigenvalue weighted by molar-refractivity contribution is 7.10. The number of likely N-dealkylation sites (tertiary alicyclic amines) is 2. The van der Waals surface area contributed by atoms with Gasteiger partial charge in [0.05, 0.1) is 114 Å². The van der Waals surface area contributed by atoms with E-state index < -0.39 is 63.6 Å². The molecular formula is C86H106Cl2N6O16S2. The van der Waals surface area contributed by atoms with Crippen molar-refractivity contribution in [3.63, 3.8) is 0 Å². The van der Waals surface area contributed by atoms with Gasteiger partial charge in [-0.25, -0.2) is 15.0 Å². The Balaban J connectivity index is 0.000000173. The van der Waals surface area contributed by atoms with Gasteiger partial charge in [-0.05, 0) is 134 Å². The summed E-state index contributed by atoms with van der Waals surface area (Å²) in [6, 6.07) is 8.74. The van der Waals surface area contributed by atoms with E-state index in [-0.39, 0.29) is 115 Å². The van der Waals surface area contributed by atoms with Gasteiger partial charge in [0.25, 0.3) is 0 Å². The van der Waals surface area contributed by atoms with Gasteiger partial charge >= 0.3 is 23.9 Å². The minimum Gasteiger partial charge on any atom is -0.495 e. The molecule has 26 heteroatoms. The number of carbonyl (C=O) groups is 8. The second kappa shape index (κ2) is 33.0. The molecule has 2 unspecified atom stereocenters. The third-order valence-electron chi connectivity index (χ3n) is 24.4. The van der Waals surface area contributed by atoms with Gasteiger partial charge in [0, 0.05) is 71.3 Å². The third kappa shape index (κ3) is 17.7. The largest absolute Gasteiger partial charge is 0.495 e. The number of H-pyrrole nitrogens is 1. The number of benzene rings is 2. The summed E-state index contributed by atoms with van der Waals surface area (Å²) in [5.41, 5.74) is 0.316. The number of fused-ring (bicyclic) bond motifs is 4. The number of aromatic nitrogens is 4. The summed E-state index contributed by atoms with van der Waals surface area (Å²) in [6.07, 6.45) is 9.80. The summed E-state index contributed by atoms with van der Waals surface area (Å²) in [6.45, 7) is 30.0. The van der Waals surface area contributed by atoms with E-state index in [1.54, 1.807) is 71.9 Å². The van der Waals surface area contributed by atoms with Crippen LogP contribution in [0.2, 0.25) is 10.0 Å². The van der Waals surface area contributed by atoms with Gasteiger partial charge in [0.1, 0.15) is 51.3 Å². The Morgan fingerprint density at radius 3 is 1.58 bits per heavy atom. The number of pyridine rings is 2. The molecule has 0 bridgehead atoms. The van der Waals surface area contributed by atoms with Crippen LogP contribution in [-0.2, 0) is 52.6 Å². The molecule has 2 saturated heterocycles. The van der Waals surface area contributed by atoms with Crippen molar-refractivity contribution in [3.05, 3.63) is 103 Å². The maximum Gasteiger partial charge on any atom is 0.312 e. The Bertz CT molecular complexity index is 4710. The molecule has 0 spiro atoms. The Kier molecular flexibility index (Phi) is 24.6. The fourth-order valence-electron chi connectivity index (χ4n) is 17.3. The zero-order valence-corrected chi connectivity index (χ0v) is 69.8. The van der Waals surface area contributed by atoms with Crippen LogP contribution in [0.15, 0.2) is 77.3 Å². The number of nitrogens with zero attached hydrogens (tertiary/aromatic N) is 5. The van der Waals surface area contributed by atoms with Crippen LogP contribution < -0.4 is 19.6 Å². The number of ether oxygens (including phenoxy) is 6. The van der Waals surface area contributed by atoms with Crippen LogP contribution in [0.5, 0.6) is 17.2 Å². The van der Waals surface area contributed by atoms with Crippen molar-refractivity contribution in [2.24, 2.45) is 74.9 Å². The molecule has 4 aromatic heterocycles. The molecule has 6 saturated carbocycles. The Labute approximate surface area is 672 Å². The number of carboxylic acids is 1. The van der Waals surface area contributed by atoms with E-state index in [4.69, 9.17) is 61.6 Å². The predicted molar refractivity (Wildman–Crippen MR) is 431 cm³/mol. The van der Waals surface area contributed by atoms with Crippen LogP contribution in [0.1, 0.15) is 188 Å². The summed E-state index contributed by atoms with van der Waals surface area (Å²) >= 11 is 16.3. The number of methoxy groups -OCH3 is 3. The van der Waals surface area contributed by atoms with Gasteiger partial charge in [-0.1, -0.05) is 112 Å². The lowest BCUT2D eigenvalue weighted by Crippen LogP contribution is -2.48. The number of hydrogen-bond acceptors (Lipinski definition) is 20. The molecule has 6 aromatic rings. The van der Waals surface area contributed by atoms with Crippen LogP contribution in [-0.4, -0.2) is 147 Å². The van der Waals surface area contributed by atoms with Crippen molar-refractivity contribution in [1.82, 2.24) is 29.7 Å². The molecule has 2 aliphatic heterocycles. The van der Waals surface area contributed by atoms with E-state index >= 15 is 0 Å². The first-order chi connectivity index (χ1) is 52.9. The average Bonchev–Trinajstić information content (AvgIpc) is 1.55. The minimum absolute atomic E-state index is 0.0184. The number of carbonyl (C=O) groups excluding carboxylic acids is 7. The van der Waals surface area contributed by atoms with Crippen LogP contribution in [0.25, 0.3) is 44.6 Å². The van der Waals surface area contributed by atoms with E-state index in [0.29, 0.717) is 122 Å². The first-order valence-electron chi connectivity index (χ1n) is 39.2. The Morgan fingerprint density at radius 1 is 0.616 bits per heavy atom. The van der Waals surface area contributed by atoms with Crippen molar-refractivity contribution < 1.29 is 71.9 Å². The second-order valence-electron chi connectivity index (χ2n) is 35.2. The lowest BCUT2D eigenvalue weighted by Gasteiger charge is -2.35. The summed E-state index contributed by atoms with van der Waals surface area (Å²) < 4.78 is 34.1. The summed E-state index contributed by atoms with van der Waals surface area (Å²) in [4.78, 5) is 140. The number of esters is 3. The van der Waals surface area contributed by atoms with Gasteiger partial charge < -0.3 is 48.3 Å². The number of rotatable bonds is 26. The predicted octanol–water partition coefficient (Wildman–Crippen LogP) is 16.5. The zero-order valence-electron chi connectivity index (χ0n) is 66.6. The van der Waals surface area contributed by atoms with E-state index in [1.807, 2.05) is 59.2 Å². The smallest absolute Gasteiger partial charge is 0.312 e. The average molecular weight is 1610 g/mol. The van der Waals surface area contributed by atoms with Gasteiger partial charge in [-0.15, -0.1) is 35.8 Å². The molecule has 0 radical (unpaired) electrons. The second-order valence-corrected chi connectivity index (χ2v) is 37.8. The highest BCUT2D eigenvalue weighted by Crippen LogP contribution is 2.59. The molecule has 8 aliphatic rings. The Hall–Kier alpha value is -8.06. The molecular weight excluding hydrogens is 1510 g/mol. The normalized spacial score (nSPS) is 27.0. The monoisotopic (exact) mass is 1610 g/mol. The standard InChI is InChI=1S/C42H50ClN3O8S.C28H41NO6.C16H15ClN2O2S/c1-8-24-17-42(24,40(50)51)18-32(47)31-14-26(19-46(31)39(49)28(41(4,5)6)15-35(48)54-25-12-22-11-23(22)13-25)53-34-16-29(30-20-55-38(45-30)21(2)3)44-37-27(34)9-10-33(52-7)36(37)43;1-7-19-13-28(19,26(33)34-6)14-23(30)22-8-16(2)15-29(22)25(32)21(27(3,4)5)12-24(31)35-20-10-17-9-18(17)11-20;1-8(2)16-19-11(7-22-16)10-6-12(20)9-4-5-13(21-3)14(17)15(9)18-10/h8-10,16,20-26,28,31H,1,11-15,17-19H2,2-7H3,(H,50,51);7,16-22H,1,8-15H2,2-6H3;4-8H,1-3H3,(H,18,20)/t22-,23+,24-,25?,26-,28-,31+,42-;16-,17-,18+,19+,20?,21+,22-,28+;/m10./s1. The van der Waals surface area contributed by atoms with Crippen LogP contribution >= 0.6 is 45.9 Å². The number of carboxylic acid groups (broad SMARTS) is 1. The molecule has 8 fully saturated rings.